The molecule has 1 atom stereocenters. The van der Waals surface area contributed by atoms with Crippen LogP contribution in [0.25, 0.3) is 10.9 Å². The second-order valence-electron chi connectivity index (χ2n) is 8.74. The molecule has 2 amide bonds. The van der Waals surface area contributed by atoms with Crippen LogP contribution in [0.4, 0.5) is 10.1 Å². The number of carbonyl (C=O) groups is 2. The molecule has 0 saturated carbocycles. The molecule has 166 valence electrons. The summed E-state index contributed by atoms with van der Waals surface area (Å²) in [5, 5.41) is 0.959. The van der Waals surface area contributed by atoms with E-state index in [2.05, 4.69) is 0 Å². The molecular weight excluding hydrogens is 409 g/mol. The minimum Gasteiger partial charge on any atom is -0.363 e. The predicted molar refractivity (Wildman–Crippen MR) is 120 cm³/mol. The van der Waals surface area contributed by atoms with Crippen molar-refractivity contribution in [3.63, 3.8) is 0 Å². The Morgan fingerprint density at radius 1 is 1.06 bits per heavy atom. The Morgan fingerprint density at radius 2 is 1.84 bits per heavy atom. The van der Waals surface area contributed by atoms with E-state index in [-0.39, 0.29) is 24.2 Å². The number of likely N-dealkylation sites (tertiary alicyclic amines) is 1. The van der Waals surface area contributed by atoms with E-state index < -0.39 is 5.60 Å². The van der Waals surface area contributed by atoms with Gasteiger partial charge in [0.1, 0.15) is 12.4 Å². The monoisotopic (exact) mass is 435 g/mol. The normalized spacial score (nSPS) is 21.9. The molecule has 6 nitrogen and oxygen atoms in total. The van der Waals surface area contributed by atoms with Gasteiger partial charge >= 0.3 is 0 Å². The average molecular weight is 435 g/mol. The van der Waals surface area contributed by atoms with E-state index in [1.807, 2.05) is 47.0 Å². The van der Waals surface area contributed by atoms with E-state index >= 15 is 0 Å². The second-order valence-corrected chi connectivity index (χ2v) is 8.74. The maximum Gasteiger partial charge on any atom is 0.256 e. The third-order valence-electron chi connectivity index (χ3n) is 6.70. The molecular formula is C25H26FN3O3. The van der Waals surface area contributed by atoms with Gasteiger partial charge in [0.15, 0.2) is 0 Å². The Labute approximate surface area is 186 Å². The van der Waals surface area contributed by atoms with Gasteiger partial charge in [-0.05, 0) is 49.6 Å². The summed E-state index contributed by atoms with van der Waals surface area (Å²) in [5.41, 5.74) is 1.92. The molecule has 7 heteroatoms. The van der Waals surface area contributed by atoms with Crippen molar-refractivity contribution in [2.45, 2.75) is 24.9 Å². The Hall–Kier alpha value is -3.19. The Balaban J connectivity index is 1.34. The van der Waals surface area contributed by atoms with Crippen molar-refractivity contribution in [2.75, 3.05) is 31.1 Å². The number of fused-ring (bicyclic) bond motifs is 1. The number of benzene rings is 2. The van der Waals surface area contributed by atoms with Gasteiger partial charge in [-0.3, -0.25) is 9.59 Å². The van der Waals surface area contributed by atoms with Gasteiger partial charge in [-0.2, -0.15) is 0 Å². The van der Waals surface area contributed by atoms with E-state index in [1.54, 1.807) is 17.0 Å². The van der Waals surface area contributed by atoms with Gasteiger partial charge in [0.05, 0.1) is 17.7 Å². The summed E-state index contributed by atoms with van der Waals surface area (Å²) in [5.74, 6) is -0.433. The smallest absolute Gasteiger partial charge is 0.256 e. The zero-order valence-corrected chi connectivity index (χ0v) is 18.1. The lowest BCUT2D eigenvalue weighted by molar-refractivity contribution is -0.140. The van der Waals surface area contributed by atoms with Crippen LogP contribution in [0.2, 0.25) is 0 Å². The molecule has 5 rings (SSSR count). The molecule has 2 fully saturated rings. The number of morpholine rings is 1. The molecule has 1 spiro atoms. The van der Waals surface area contributed by atoms with Crippen molar-refractivity contribution >= 4 is 28.4 Å². The largest absolute Gasteiger partial charge is 0.363 e. The van der Waals surface area contributed by atoms with Crippen LogP contribution in [0.5, 0.6) is 0 Å². The molecule has 32 heavy (non-hydrogen) atoms. The SMILES string of the molecule is Cn1cc(C(=O)N2CCC[C@]3(CC2)CN(c2ccc(F)cc2)C(=O)CO3)c2ccccc21. The van der Waals surface area contributed by atoms with Crippen LogP contribution in [0.1, 0.15) is 29.6 Å². The molecule has 3 aromatic rings. The van der Waals surface area contributed by atoms with Crippen LogP contribution in [0, 0.1) is 5.82 Å². The zero-order valence-electron chi connectivity index (χ0n) is 18.1. The van der Waals surface area contributed by atoms with Crippen LogP contribution >= 0.6 is 0 Å². The maximum absolute atomic E-state index is 13.4. The maximum atomic E-state index is 13.4. The number of carbonyl (C=O) groups excluding carboxylic acids is 2. The molecule has 0 unspecified atom stereocenters. The number of aromatic nitrogens is 1. The molecule has 0 N–H and O–H groups in total. The number of para-hydroxylation sites is 1. The summed E-state index contributed by atoms with van der Waals surface area (Å²) < 4.78 is 21.4. The molecule has 1 aromatic heterocycles. The fourth-order valence-electron chi connectivity index (χ4n) is 4.93. The van der Waals surface area contributed by atoms with Crippen molar-refractivity contribution < 1.29 is 18.7 Å². The van der Waals surface area contributed by atoms with Crippen LogP contribution in [-0.4, -0.2) is 53.1 Å². The number of halogens is 1. The fourth-order valence-corrected chi connectivity index (χ4v) is 4.93. The molecule has 2 aliphatic rings. The van der Waals surface area contributed by atoms with Crippen LogP contribution in [0.15, 0.2) is 54.7 Å². The summed E-state index contributed by atoms with van der Waals surface area (Å²) in [7, 11) is 1.95. The Morgan fingerprint density at radius 3 is 2.66 bits per heavy atom. The van der Waals surface area contributed by atoms with Crippen molar-refractivity contribution in [3.05, 3.63) is 66.1 Å². The highest BCUT2D eigenvalue weighted by Gasteiger charge is 2.42. The number of hydrogen-bond donors (Lipinski definition) is 0. The van der Waals surface area contributed by atoms with Gasteiger partial charge < -0.3 is 19.1 Å². The van der Waals surface area contributed by atoms with E-state index in [9.17, 15) is 14.0 Å². The van der Waals surface area contributed by atoms with Gasteiger partial charge in [0, 0.05) is 42.9 Å². The van der Waals surface area contributed by atoms with Gasteiger partial charge in [0.2, 0.25) is 0 Å². The standard InChI is InChI=1S/C25H26FN3O3/c1-27-15-21(20-5-2-3-6-22(20)27)24(31)28-13-4-11-25(12-14-28)17-29(23(30)16-32-25)19-9-7-18(26)8-10-19/h2-3,5-10,15H,4,11-14,16-17H2,1H3/t25-/m0/s1. The molecule has 0 bridgehead atoms. The first-order chi connectivity index (χ1) is 15.5. The van der Waals surface area contributed by atoms with Gasteiger partial charge in [-0.1, -0.05) is 18.2 Å². The highest BCUT2D eigenvalue weighted by molar-refractivity contribution is 6.07. The minimum atomic E-state index is -0.504. The first kappa shape index (κ1) is 20.7. The van der Waals surface area contributed by atoms with Crippen molar-refractivity contribution in [1.82, 2.24) is 9.47 Å². The molecule has 0 radical (unpaired) electrons. The molecule has 2 aliphatic heterocycles. The Bertz CT molecular complexity index is 1170. The summed E-state index contributed by atoms with van der Waals surface area (Å²) in [6.07, 6.45) is 4.10. The van der Waals surface area contributed by atoms with E-state index in [0.717, 1.165) is 23.7 Å². The van der Waals surface area contributed by atoms with E-state index in [0.29, 0.717) is 37.3 Å². The number of ether oxygens (including phenoxy) is 1. The lowest BCUT2D eigenvalue weighted by Gasteiger charge is -2.42. The summed E-state index contributed by atoms with van der Waals surface area (Å²) >= 11 is 0. The van der Waals surface area contributed by atoms with Crippen molar-refractivity contribution in [2.24, 2.45) is 7.05 Å². The van der Waals surface area contributed by atoms with Crippen molar-refractivity contribution in [3.8, 4) is 0 Å². The van der Waals surface area contributed by atoms with E-state index in [4.69, 9.17) is 4.74 Å². The summed E-state index contributed by atoms with van der Waals surface area (Å²) in [6.45, 7) is 1.62. The van der Waals surface area contributed by atoms with Gasteiger partial charge in [-0.15, -0.1) is 0 Å². The number of amides is 2. The summed E-state index contributed by atoms with van der Waals surface area (Å²) in [4.78, 5) is 29.5. The second kappa shape index (κ2) is 8.06. The first-order valence-electron chi connectivity index (χ1n) is 11.0. The highest BCUT2D eigenvalue weighted by Crippen LogP contribution is 2.33. The minimum absolute atomic E-state index is 0.00531. The third kappa shape index (κ3) is 3.66. The van der Waals surface area contributed by atoms with E-state index in [1.165, 1.54) is 12.1 Å². The number of anilines is 1. The lowest BCUT2D eigenvalue weighted by atomic mass is 9.92. The molecule has 3 heterocycles. The zero-order chi connectivity index (χ0) is 22.3. The number of rotatable bonds is 2. The number of nitrogens with zero attached hydrogens (tertiary/aromatic N) is 3. The molecule has 2 aromatic carbocycles. The number of hydrogen-bond acceptors (Lipinski definition) is 3. The lowest BCUT2D eigenvalue weighted by Crippen LogP contribution is -2.55. The van der Waals surface area contributed by atoms with Crippen LogP contribution < -0.4 is 4.90 Å². The highest BCUT2D eigenvalue weighted by atomic mass is 19.1. The summed E-state index contributed by atoms with van der Waals surface area (Å²) in [6, 6.07) is 13.9. The topological polar surface area (TPSA) is 54.8 Å². The predicted octanol–water partition coefficient (Wildman–Crippen LogP) is 3.75. The molecule has 0 aliphatic carbocycles. The van der Waals surface area contributed by atoms with Crippen molar-refractivity contribution in [1.29, 1.82) is 0 Å². The Kier molecular flexibility index (Phi) is 5.21. The van der Waals surface area contributed by atoms with Gasteiger partial charge in [0.25, 0.3) is 11.8 Å². The third-order valence-corrected chi connectivity index (χ3v) is 6.70. The fraction of sp³-hybridized carbons (Fsp3) is 0.360. The molecule has 2 saturated heterocycles. The van der Waals surface area contributed by atoms with Crippen LogP contribution in [0.3, 0.4) is 0 Å². The number of aryl methyl sites for hydroxylation is 1. The van der Waals surface area contributed by atoms with Crippen LogP contribution in [-0.2, 0) is 16.6 Å². The first-order valence-corrected chi connectivity index (χ1v) is 11.0. The quantitative estimate of drug-likeness (QED) is 0.616. The van der Waals surface area contributed by atoms with Gasteiger partial charge in [-0.25, -0.2) is 4.39 Å². The average Bonchev–Trinajstić information content (AvgIpc) is 3.00.